The van der Waals surface area contributed by atoms with Gasteiger partial charge in [0.1, 0.15) is 11.4 Å². The fourth-order valence-corrected chi connectivity index (χ4v) is 1.85. The van der Waals surface area contributed by atoms with Gasteiger partial charge in [0.25, 0.3) is 0 Å². The van der Waals surface area contributed by atoms with Gasteiger partial charge in [-0.05, 0) is 31.2 Å². The summed E-state index contributed by atoms with van der Waals surface area (Å²) >= 11 is 0. The number of nitrogens with zero attached hydrogens (tertiary/aromatic N) is 2. The molecular weight excluding hydrogens is 264 g/mol. The number of carbonyl (C=O) groups excluding carboxylic acids is 2. The Kier molecular flexibility index (Phi) is 2.67. The van der Waals surface area contributed by atoms with E-state index in [4.69, 9.17) is 14.3 Å². The van der Waals surface area contributed by atoms with Crippen LogP contribution in [0.25, 0.3) is 11.4 Å². The third-order valence-electron chi connectivity index (χ3n) is 2.89. The fraction of sp³-hybridized carbons (Fsp3) is 0.154. The largest absolute Gasteiger partial charge is 0.497 e. The highest BCUT2D eigenvalue weighted by Crippen LogP contribution is 2.28. The molecule has 0 amide bonds. The Morgan fingerprint density at radius 3 is 2.50 bits per heavy atom. The number of ether oxygens (including phenoxy) is 2. The number of rotatable bonds is 2. The van der Waals surface area contributed by atoms with Crippen molar-refractivity contribution < 1.29 is 23.9 Å². The second kappa shape index (κ2) is 4.37. The van der Waals surface area contributed by atoms with E-state index in [0.29, 0.717) is 22.8 Å². The lowest BCUT2D eigenvalue weighted by atomic mass is 10.2. The number of fused-ring (bicyclic) bond motifs is 2. The average molecular weight is 274 g/mol. The molecule has 0 saturated heterocycles. The van der Waals surface area contributed by atoms with Gasteiger partial charge in [0.15, 0.2) is 5.82 Å². The predicted molar refractivity (Wildman–Crippen MR) is 66.2 cm³/mol. The first kappa shape index (κ1) is 12.2. The van der Waals surface area contributed by atoms with E-state index in [1.165, 1.54) is 4.73 Å². The molecule has 7 nitrogen and oxygen atoms in total. The maximum atomic E-state index is 11.4. The van der Waals surface area contributed by atoms with Crippen molar-refractivity contribution in [3.8, 4) is 23.0 Å². The number of carbonyl (C=O) groups is 2. The second-order valence-electron chi connectivity index (χ2n) is 4.12. The smallest absolute Gasteiger partial charge is 0.442 e. The van der Waals surface area contributed by atoms with E-state index < -0.39 is 11.9 Å². The fourth-order valence-electron chi connectivity index (χ4n) is 1.85. The molecular formula is C13H10N2O5. The minimum atomic E-state index is -1.08. The quantitative estimate of drug-likeness (QED) is 0.593. The van der Waals surface area contributed by atoms with Crippen LogP contribution in [0.4, 0.5) is 0 Å². The molecule has 2 bridgehead atoms. The second-order valence-corrected chi connectivity index (χ2v) is 4.12. The van der Waals surface area contributed by atoms with Gasteiger partial charge in [-0.3, -0.25) is 0 Å². The molecule has 102 valence electrons. The molecule has 3 rings (SSSR count). The van der Waals surface area contributed by atoms with Gasteiger partial charge < -0.3 is 14.3 Å². The van der Waals surface area contributed by atoms with Gasteiger partial charge in [0.05, 0.1) is 7.11 Å². The lowest BCUT2D eigenvalue weighted by molar-refractivity contribution is -0.161. The molecule has 0 saturated carbocycles. The van der Waals surface area contributed by atoms with Crippen LogP contribution in [0.3, 0.4) is 0 Å². The third-order valence-corrected chi connectivity index (χ3v) is 2.89. The van der Waals surface area contributed by atoms with Gasteiger partial charge >= 0.3 is 11.9 Å². The summed E-state index contributed by atoms with van der Waals surface area (Å²) in [6, 6.07) is 7.03. The Bertz CT molecular complexity index is 702. The van der Waals surface area contributed by atoms with Crippen molar-refractivity contribution in [2.45, 2.75) is 6.92 Å². The maximum absolute atomic E-state index is 11.4. The van der Waals surface area contributed by atoms with Gasteiger partial charge in [-0.15, -0.1) is 0 Å². The Balaban J connectivity index is 2.09. The topological polar surface area (TPSA) is 79.7 Å². The first-order chi connectivity index (χ1) is 9.60. The molecule has 20 heavy (non-hydrogen) atoms. The Hall–Kier alpha value is -2.83. The number of imidazole rings is 1. The minimum absolute atomic E-state index is 0.0617. The minimum Gasteiger partial charge on any atom is -0.497 e. The Morgan fingerprint density at radius 1 is 1.15 bits per heavy atom. The van der Waals surface area contributed by atoms with E-state index in [1.807, 2.05) is 0 Å². The monoisotopic (exact) mass is 274 g/mol. The lowest BCUT2D eigenvalue weighted by Crippen LogP contribution is -2.30. The molecule has 0 aliphatic carbocycles. The molecule has 0 N–H and O–H groups in total. The summed E-state index contributed by atoms with van der Waals surface area (Å²) in [5, 5.41) is 0. The van der Waals surface area contributed by atoms with Crippen molar-refractivity contribution in [2.24, 2.45) is 0 Å². The van der Waals surface area contributed by atoms with Crippen LogP contribution in [0.1, 0.15) is 5.69 Å². The average Bonchev–Trinajstić information content (AvgIpc) is 2.70. The number of hydrogen-bond acceptors (Lipinski definition) is 6. The summed E-state index contributed by atoms with van der Waals surface area (Å²) < 4.78 is 11.1. The van der Waals surface area contributed by atoms with Crippen molar-refractivity contribution in [1.29, 1.82) is 0 Å². The Morgan fingerprint density at radius 2 is 1.85 bits per heavy atom. The van der Waals surface area contributed by atoms with Gasteiger partial charge in [0, 0.05) is 5.56 Å². The van der Waals surface area contributed by atoms with E-state index in [9.17, 15) is 9.59 Å². The van der Waals surface area contributed by atoms with E-state index in [2.05, 4.69) is 4.98 Å². The lowest BCUT2D eigenvalue weighted by Gasteiger charge is -2.08. The van der Waals surface area contributed by atoms with E-state index >= 15 is 0 Å². The molecule has 0 unspecified atom stereocenters. The zero-order chi connectivity index (χ0) is 14.3. The molecule has 2 aromatic rings. The van der Waals surface area contributed by atoms with E-state index in [1.54, 1.807) is 38.3 Å². The zero-order valence-corrected chi connectivity index (χ0v) is 10.7. The van der Waals surface area contributed by atoms with Crippen molar-refractivity contribution in [3.05, 3.63) is 30.0 Å². The molecule has 1 aliphatic rings. The van der Waals surface area contributed by atoms with Crippen LogP contribution in [0.15, 0.2) is 24.3 Å². The molecule has 1 aromatic heterocycles. The van der Waals surface area contributed by atoms with Crippen LogP contribution in [0.2, 0.25) is 0 Å². The molecule has 1 aliphatic heterocycles. The van der Waals surface area contributed by atoms with Crippen molar-refractivity contribution >= 4 is 11.9 Å². The highest BCUT2D eigenvalue weighted by atomic mass is 16.7. The molecule has 2 heterocycles. The summed E-state index contributed by atoms with van der Waals surface area (Å²) in [5.41, 5.74) is 1.14. The highest BCUT2D eigenvalue weighted by Gasteiger charge is 2.31. The SMILES string of the molecule is COc1ccc(-c2nc3c(C)n2OC(=O)C(=O)O3)cc1. The van der Waals surface area contributed by atoms with Crippen LogP contribution >= 0.6 is 0 Å². The van der Waals surface area contributed by atoms with Crippen LogP contribution in [0, 0.1) is 6.92 Å². The first-order valence-corrected chi connectivity index (χ1v) is 5.78. The summed E-state index contributed by atoms with van der Waals surface area (Å²) in [6.45, 7) is 1.64. The molecule has 1 aromatic carbocycles. The number of esters is 1. The number of hydrogen-bond donors (Lipinski definition) is 0. The van der Waals surface area contributed by atoms with Gasteiger partial charge in [-0.1, -0.05) is 0 Å². The van der Waals surface area contributed by atoms with Gasteiger partial charge in [-0.25, -0.2) is 9.59 Å². The number of aromatic nitrogens is 2. The standard InChI is InChI=1S/C13H10N2O5/c1-7-11-14-10(8-3-5-9(18-2)6-4-8)15(7)20-13(17)12(16)19-11/h3-6H,1-2H3. The van der Waals surface area contributed by atoms with Crippen LogP contribution < -0.4 is 14.3 Å². The zero-order valence-electron chi connectivity index (χ0n) is 10.7. The first-order valence-electron chi connectivity index (χ1n) is 5.78. The van der Waals surface area contributed by atoms with E-state index in [-0.39, 0.29) is 5.88 Å². The number of benzene rings is 1. The summed E-state index contributed by atoms with van der Waals surface area (Å²) in [6.07, 6.45) is 0. The van der Waals surface area contributed by atoms with Gasteiger partial charge in [0.2, 0.25) is 5.88 Å². The summed E-state index contributed by atoms with van der Waals surface area (Å²) in [7, 11) is 1.57. The summed E-state index contributed by atoms with van der Waals surface area (Å²) in [4.78, 5) is 31.7. The molecule has 0 fully saturated rings. The van der Waals surface area contributed by atoms with Crippen molar-refractivity contribution in [2.75, 3.05) is 7.11 Å². The van der Waals surface area contributed by atoms with E-state index in [0.717, 1.165) is 0 Å². The highest BCUT2D eigenvalue weighted by molar-refractivity contribution is 6.30. The Labute approximate surface area is 113 Å². The van der Waals surface area contributed by atoms with Crippen LogP contribution in [0.5, 0.6) is 11.6 Å². The van der Waals surface area contributed by atoms with Crippen LogP contribution in [-0.4, -0.2) is 28.8 Å². The normalized spacial score (nSPS) is 13.5. The third kappa shape index (κ3) is 1.80. The van der Waals surface area contributed by atoms with Crippen molar-refractivity contribution in [1.82, 2.24) is 9.71 Å². The summed E-state index contributed by atoms with van der Waals surface area (Å²) in [5.74, 6) is -1.04. The molecule has 0 radical (unpaired) electrons. The molecule has 0 atom stereocenters. The predicted octanol–water partition coefficient (Wildman–Crippen LogP) is 0.741. The van der Waals surface area contributed by atoms with Crippen LogP contribution in [-0.2, 0) is 9.59 Å². The van der Waals surface area contributed by atoms with Crippen molar-refractivity contribution in [3.63, 3.8) is 0 Å². The maximum Gasteiger partial charge on any atom is 0.442 e. The molecule has 7 heteroatoms. The van der Waals surface area contributed by atoms with Gasteiger partial charge in [-0.2, -0.15) is 9.71 Å². The number of methoxy groups -OCH3 is 1. The molecule has 0 spiro atoms.